The van der Waals surface area contributed by atoms with Crippen LogP contribution >= 0.6 is 0 Å². The summed E-state index contributed by atoms with van der Waals surface area (Å²) in [5, 5.41) is 0. The Balaban J connectivity index is 2.57. The van der Waals surface area contributed by atoms with Crippen LogP contribution in [-0.4, -0.2) is 12.9 Å². The molecular formula is C16H15FO2. The number of ketones is 1. The number of carbonyl (C=O) groups is 1. The van der Waals surface area contributed by atoms with Crippen LogP contribution in [0.15, 0.2) is 36.4 Å². The highest BCUT2D eigenvalue weighted by Gasteiger charge is 2.09. The number of carbonyl (C=O) groups excluding carboxylic acids is 1. The summed E-state index contributed by atoms with van der Waals surface area (Å²) in [7, 11) is 1.43. The van der Waals surface area contributed by atoms with Crippen LogP contribution in [0.4, 0.5) is 4.39 Å². The molecule has 0 saturated heterocycles. The summed E-state index contributed by atoms with van der Waals surface area (Å²) >= 11 is 0. The lowest BCUT2D eigenvalue weighted by Gasteiger charge is -2.10. The zero-order chi connectivity index (χ0) is 14.0. The summed E-state index contributed by atoms with van der Waals surface area (Å²) in [6.45, 7) is 3.48. The summed E-state index contributed by atoms with van der Waals surface area (Å²) in [5.41, 5.74) is 3.41. The van der Waals surface area contributed by atoms with Gasteiger partial charge in [-0.1, -0.05) is 18.2 Å². The number of hydrogen-bond acceptors (Lipinski definition) is 2. The maximum atomic E-state index is 13.4. The van der Waals surface area contributed by atoms with Crippen molar-refractivity contribution in [2.45, 2.75) is 13.8 Å². The molecule has 0 unspecified atom stereocenters. The third-order valence-electron chi connectivity index (χ3n) is 3.11. The van der Waals surface area contributed by atoms with Crippen LogP contribution < -0.4 is 4.74 Å². The largest absolute Gasteiger partial charge is 0.494 e. The third-order valence-corrected chi connectivity index (χ3v) is 3.11. The molecule has 19 heavy (non-hydrogen) atoms. The monoisotopic (exact) mass is 258 g/mol. The summed E-state index contributed by atoms with van der Waals surface area (Å²) in [4.78, 5) is 11.4. The second-order valence-electron chi connectivity index (χ2n) is 4.44. The van der Waals surface area contributed by atoms with E-state index in [1.807, 2.05) is 19.1 Å². The SMILES string of the molecule is COc1cc(-c2cc(C(C)=O)ccc2C)ccc1F. The highest BCUT2D eigenvalue weighted by atomic mass is 19.1. The van der Waals surface area contributed by atoms with E-state index in [9.17, 15) is 9.18 Å². The van der Waals surface area contributed by atoms with E-state index >= 15 is 0 Å². The van der Waals surface area contributed by atoms with Crippen LogP contribution in [0, 0.1) is 12.7 Å². The molecule has 0 aromatic heterocycles. The van der Waals surface area contributed by atoms with Gasteiger partial charge in [-0.2, -0.15) is 0 Å². The fraction of sp³-hybridized carbons (Fsp3) is 0.188. The first-order valence-electron chi connectivity index (χ1n) is 5.98. The Morgan fingerprint density at radius 2 is 1.89 bits per heavy atom. The number of rotatable bonds is 3. The molecule has 2 aromatic rings. The predicted molar refractivity (Wildman–Crippen MR) is 73.1 cm³/mol. The highest BCUT2D eigenvalue weighted by molar-refractivity contribution is 5.95. The molecular weight excluding hydrogens is 243 g/mol. The lowest BCUT2D eigenvalue weighted by atomic mass is 9.97. The maximum absolute atomic E-state index is 13.4. The van der Waals surface area contributed by atoms with Gasteiger partial charge in [0.1, 0.15) is 0 Å². The van der Waals surface area contributed by atoms with E-state index in [0.717, 1.165) is 16.7 Å². The fourth-order valence-corrected chi connectivity index (χ4v) is 1.98. The van der Waals surface area contributed by atoms with Crippen molar-refractivity contribution in [3.63, 3.8) is 0 Å². The molecule has 0 aliphatic heterocycles. The van der Waals surface area contributed by atoms with Gasteiger partial charge in [-0.3, -0.25) is 4.79 Å². The van der Waals surface area contributed by atoms with Gasteiger partial charge in [-0.15, -0.1) is 0 Å². The Morgan fingerprint density at radius 3 is 2.53 bits per heavy atom. The van der Waals surface area contributed by atoms with E-state index < -0.39 is 5.82 Å². The molecule has 98 valence electrons. The Hall–Kier alpha value is -2.16. The van der Waals surface area contributed by atoms with Crippen LogP contribution in [0.5, 0.6) is 5.75 Å². The molecule has 0 heterocycles. The second kappa shape index (κ2) is 5.22. The molecule has 0 fully saturated rings. The zero-order valence-corrected chi connectivity index (χ0v) is 11.2. The van der Waals surface area contributed by atoms with Crippen LogP contribution in [0.1, 0.15) is 22.8 Å². The van der Waals surface area contributed by atoms with Gasteiger partial charge in [0, 0.05) is 5.56 Å². The van der Waals surface area contributed by atoms with Gasteiger partial charge in [-0.25, -0.2) is 4.39 Å². The minimum Gasteiger partial charge on any atom is -0.494 e. The van der Waals surface area contributed by atoms with Crippen molar-refractivity contribution in [2.75, 3.05) is 7.11 Å². The average molecular weight is 258 g/mol. The van der Waals surface area contributed by atoms with Crippen LogP contribution in [0.25, 0.3) is 11.1 Å². The Labute approximate surface area is 111 Å². The number of benzene rings is 2. The molecule has 0 atom stereocenters. The first-order valence-corrected chi connectivity index (χ1v) is 5.98. The molecule has 2 aromatic carbocycles. The van der Waals surface area contributed by atoms with Gasteiger partial charge >= 0.3 is 0 Å². The molecule has 0 aliphatic carbocycles. The zero-order valence-electron chi connectivity index (χ0n) is 11.2. The Kier molecular flexibility index (Phi) is 3.65. The predicted octanol–water partition coefficient (Wildman–Crippen LogP) is 4.01. The summed E-state index contributed by atoms with van der Waals surface area (Å²) in [5.74, 6) is -0.188. The smallest absolute Gasteiger partial charge is 0.165 e. The maximum Gasteiger partial charge on any atom is 0.165 e. The standard InChI is InChI=1S/C16H15FO2/c1-10-4-5-12(11(2)18)8-14(10)13-6-7-15(17)16(9-13)19-3/h4-9H,1-3H3. The van der Waals surface area contributed by atoms with Crippen LogP contribution in [0.2, 0.25) is 0 Å². The quantitative estimate of drug-likeness (QED) is 0.777. The summed E-state index contributed by atoms with van der Waals surface area (Å²) in [6.07, 6.45) is 0. The van der Waals surface area contributed by atoms with Gasteiger partial charge in [-0.05, 0) is 48.7 Å². The average Bonchev–Trinajstić information content (AvgIpc) is 2.40. The lowest BCUT2D eigenvalue weighted by Crippen LogP contribution is -1.95. The number of aryl methyl sites for hydroxylation is 1. The topological polar surface area (TPSA) is 26.3 Å². The number of Topliss-reactive ketones (excluding diaryl/α,β-unsaturated/α-hetero) is 1. The minimum absolute atomic E-state index is 0.00956. The van der Waals surface area contributed by atoms with Gasteiger partial charge in [0.15, 0.2) is 17.3 Å². The van der Waals surface area contributed by atoms with Gasteiger partial charge in [0.05, 0.1) is 7.11 Å². The number of methoxy groups -OCH3 is 1. The van der Waals surface area contributed by atoms with Gasteiger partial charge in [0.2, 0.25) is 0 Å². The van der Waals surface area contributed by atoms with Crippen molar-refractivity contribution in [1.29, 1.82) is 0 Å². The molecule has 0 aliphatic rings. The van der Waals surface area contributed by atoms with Gasteiger partial charge < -0.3 is 4.74 Å². The Bertz CT molecular complexity index is 633. The normalized spacial score (nSPS) is 10.3. The van der Waals surface area contributed by atoms with Crippen LogP contribution in [0.3, 0.4) is 0 Å². The lowest BCUT2D eigenvalue weighted by molar-refractivity contribution is 0.101. The number of halogens is 1. The van der Waals surface area contributed by atoms with Crippen molar-refractivity contribution in [2.24, 2.45) is 0 Å². The fourth-order valence-electron chi connectivity index (χ4n) is 1.98. The Morgan fingerprint density at radius 1 is 1.16 bits per heavy atom. The molecule has 2 nitrogen and oxygen atoms in total. The number of ether oxygens (including phenoxy) is 1. The molecule has 0 bridgehead atoms. The van der Waals surface area contributed by atoms with E-state index in [-0.39, 0.29) is 11.5 Å². The highest BCUT2D eigenvalue weighted by Crippen LogP contribution is 2.29. The van der Waals surface area contributed by atoms with Crippen molar-refractivity contribution in [3.8, 4) is 16.9 Å². The first-order chi connectivity index (χ1) is 9.02. The first kappa shape index (κ1) is 13.3. The molecule has 2 rings (SSSR count). The molecule has 0 amide bonds. The van der Waals surface area contributed by atoms with E-state index in [1.165, 1.54) is 20.1 Å². The molecule has 0 N–H and O–H groups in total. The third kappa shape index (κ3) is 2.65. The minimum atomic E-state index is -0.397. The summed E-state index contributed by atoms with van der Waals surface area (Å²) in [6, 6.07) is 10.2. The molecule has 0 spiro atoms. The van der Waals surface area contributed by atoms with Crippen molar-refractivity contribution >= 4 is 5.78 Å². The van der Waals surface area contributed by atoms with Crippen molar-refractivity contribution in [3.05, 3.63) is 53.3 Å². The van der Waals surface area contributed by atoms with E-state index in [4.69, 9.17) is 4.74 Å². The molecule has 0 radical (unpaired) electrons. The van der Waals surface area contributed by atoms with E-state index in [2.05, 4.69) is 0 Å². The second-order valence-corrected chi connectivity index (χ2v) is 4.44. The van der Waals surface area contributed by atoms with Crippen LogP contribution in [-0.2, 0) is 0 Å². The van der Waals surface area contributed by atoms with E-state index in [1.54, 1.807) is 18.2 Å². The van der Waals surface area contributed by atoms with Gasteiger partial charge in [0.25, 0.3) is 0 Å². The van der Waals surface area contributed by atoms with Crippen molar-refractivity contribution < 1.29 is 13.9 Å². The van der Waals surface area contributed by atoms with E-state index in [0.29, 0.717) is 5.56 Å². The van der Waals surface area contributed by atoms with Crippen molar-refractivity contribution in [1.82, 2.24) is 0 Å². The molecule has 3 heteroatoms. The molecule has 0 saturated carbocycles. The number of hydrogen-bond donors (Lipinski definition) is 0. The summed E-state index contributed by atoms with van der Waals surface area (Å²) < 4.78 is 18.4.